The fourth-order valence-corrected chi connectivity index (χ4v) is 5.42. The lowest BCUT2D eigenvalue weighted by atomic mass is 9.98. The van der Waals surface area contributed by atoms with Crippen LogP contribution in [0.5, 0.6) is 5.75 Å². The van der Waals surface area contributed by atoms with Gasteiger partial charge in [-0.25, -0.2) is 9.97 Å². The summed E-state index contributed by atoms with van der Waals surface area (Å²) in [4.78, 5) is 12.1. The Morgan fingerprint density at radius 3 is 2.63 bits per heavy atom. The summed E-state index contributed by atoms with van der Waals surface area (Å²) in [6, 6.07) is 8.10. The van der Waals surface area contributed by atoms with Crippen LogP contribution >= 0.6 is 22.9 Å². The first-order valence-corrected chi connectivity index (χ1v) is 11.1. The van der Waals surface area contributed by atoms with Crippen molar-refractivity contribution in [2.75, 3.05) is 25.1 Å². The highest BCUT2D eigenvalue weighted by Crippen LogP contribution is 2.41. The first-order valence-electron chi connectivity index (χ1n) is 9.49. The van der Waals surface area contributed by atoms with Crippen molar-refractivity contribution in [1.29, 1.82) is 0 Å². The molecule has 0 spiro atoms. The maximum Gasteiger partial charge on any atom is 0.205 e. The van der Waals surface area contributed by atoms with E-state index in [9.17, 15) is 0 Å². The molecule has 7 heteroatoms. The number of thiazole rings is 1. The smallest absolute Gasteiger partial charge is 0.205 e. The monoisotopic (exact) mass is 398 g/mol. The number of nitrogens with zero attached hydrogens (tertiary/aromatic N) is 4. The molecule has 27 heavy (non-hydrogen) atoms. The Labute approximate surface area is 167 Å². The molecular weight excluding hydrogens is 376 g/mol. The molecule has 1 aromatic carbocycles. The van der Waals surface area contributed by atoms with Gasteiger partial charge in [0.25, 0.3) is 0 Å². The SMILES string of the molecule is COc1ccccc1-c1csc(C2CCN(c3nc(C4CC4)ns3)CC2)n1. The number of hydrogen-bond acceptors (Lipinski definition) is 7. The van der Waals surface area contributed by atoms with Gasteiger partial charge in [0, 0.05) is 47.4 Å². The number of anilines is 1. The molecule has 0 bridgehead atoms. The van der Waals surface area contributed by atoms with Gasteiger partial charge in [0.2, 0.25) is 5.13 Å². The number of hydrogen-bond donors (Lipinski definition) is 0. The highest BCUT2D eigenvalue weighted by atomic mass is 32.1. The standard InChI is InChI=1S/C20H22N4OS2/c1-25-17-5-3-2-4-15(17)16-12-26-19(21-16)14-8-10-24(11-9-14)20-22-18(23-27-20)13-6-7-13/h2-5,12-14H,6-11H2,1H3. The summed E-state index contributed by atoms with van der Waals surface area (Å²) in [5.41, 5.74) is 2.09. The van der Waals surface area contributed by atoms with E-state index in [0.717, 1.165) is 53.9 Å². The average Bonchev–Trinajstić information content (AvgIpc) is 3.26. The summed E-state index contributed by atoms with van der Waals surface area (Å²) >= 11 is 3.34. The van der Waals surface area contributed by atoms with Crippen LogP contribution in [0.4, 0.5) is 5.13 Å². The zero-order valence-electron chi connectivity index (χ0n) is 15.3. The molecule has 3 aromatic rings. The first kappa shape index (κ1) is 17.1. The lowest BCUT2D eigenvalue weighted by Crippen LogP contribution is -2.32. The zero-order valence-corrected chi connectivity index (χ0v) is 16.9. The van der Waals surface area contributed by atoms with Crippen molar-refractivity contribution in [2.45, 2.75) is 37.5 Å². The third-order valence-corrected chi connectivity index (χ3v) is 7.19. The molecule has 1 aliphatic heterocycles. The van der Waals surface area contributed by atoms with Crippen molar-refractivity contribution in [2.24, 2.45) is 0 Å². The van der Waals surface area contributed by atoms with Gasteiger partial charge in [-0.15, -0.1) is 11.3 Å². The molecule has 1 saturated heterocycles. The van der Waals surface area contributed by atoms with E-state index < -0.39 is 0 Å². The second kappa shape index (κ2) is 7.20. The number of methoxy groups -OCH3 is 1. The largest absolute Gasteiger partial charge is 0.496 e. The minimum absolute atomic E-state index is 0.533. The Bertz CT molecular complexity index is 925. The Balaban J connectivity index is 1.26. The topological polar surface area (TPSA) is 51.1 Å². The van der Waals surface area contributed by atoms with E-state index in [1.165, 1.54) is 17.8 Å². The molecule has 1 saturated carbocycles. The van der Waals surface area contributed by atoms with Gasteiger partial charge in [-0.2, -0.15) is 4.37 Å². The minimum atomic E-state index is 0.533. The van der Waals surface area contributed by atoms with Gasteiger partial charge < -0.3 is 9.64 Å². The van der Waals surface area contributed by atoms with Crippen molar-refractivity contribution in [1.82, 2.24) is 14.3 Å². The highest BCUT2D eigenvalue weighted by Gasteiger charge is 2.30. The van der Waals surface area contributed by atoms with Gasteiger partial charge in [-0.3, -0.25) is 0 Å². The first-order chi connectivity index (χ1) is 13.3. The van der Waals surface area contributed by atoms with E-state index >= 15 is 0 Å². The van der Waals surface area contributed by atoms with Crippen LogP contribution < -0.4 is 9.64 Å². The molecule has 5 rings (SSSR count). The summed E-state index contributed by atoms with van der Waals surface area (Å²) in [6.45, 7) is 2.07. The van der Waals surface area contributed by atoms with E-state index in [0.29, 0.717) is 11.8 Å². The van der Waals surface area contributed by atoms with E-state index in [2.05, 4.69) is 20.7 Å². The summed E-state index contributed by atoms with van der Waals surface area (Å²) in [6.07, 6.45) is 4.77. The molecule has 2 aromatic heterocycles. The predicted octanol–water partition coefficient (Wildman–Crippen LogP) is 4.93. The minimum Gasteiger partial charge on any atom is -0.496 e. The predicted molar refractivity (Wildman–Crippen MR) is 110 cm³/mol. The van der Waals surface area contributed by atoms with Gasteiger partial charge in [-0.1, -0.05) is 12.1 Å². The Hall–Kier alpha value is -1.99. The molecule has 5 nitrogen and oxygen atoms in total. The summed E-state index contributed by atoms with van der Waals surface area (Å²) < 4.78 is 10.0. The van der Waals surface area contributed by atoms with Crippen LogP contribution in [0.15, 0.2) is 29.6 Å². The molecular formula is C20H22N4OS2. The van der Waals surface area contributed by atoms with Crippen LogP contribution in [-0.2, 0) is 0 Å². The van der Waals surface area contributed by atoms with Crippen molar-refractivity contribution in [3.05, 3.63) is 40.5 Å². The van der Waals surface area contributed by atoms with E-state index in [4.69, 9.17) is 14.7 Å². The Morgan fingerprint density at radius 2 is 1.85 bits per heavy atom. The maximum absolute atomic E-state index is 5.49. The summed E-state index contributed by atoms with van der Waals surface area (Å²) in [5.74, 6) is 3.12. The molecule has 2 aliphatic rings. The number of aromatic nitrogens is 3. The van der Waals surface area contributed by atoms with Gasteiger partial charge in [-0.05, 0) is 37.8 Å². The van der Waals surface area contributed by atoms with Crippen LogP contribution in [0.25, 0.3) is 11.3 Å². The van der Waals surface area contributed by atoms with Crippen molar-refractivity contribution in [3.63, 3.8) is 0 Å². The van der Waals surface area contributed by atoms with Crippen molar-refractivity contribution < 1.29 is 4.74 Å². The Morgan fingerprint density at radius 1 is 1.04 bits per heavy atom. The average molecular weight is 399 g/mol. The van der Waals surface area contributed by atoms with Gasteiger partial charge >= 0.3 is 0 Å². The molecule has 3 heterocycles. The summed E-state index contributed by atoms with van der Waals surface area (Å²) in [5, 5.41) is 4.50. The number of rotatable bonds is 5. The summed E-state index contributed by atoms with van der Waals surface area (Å²) in [7, 11) is 1.71. The van der Waals surface area contributed by atoms with E-state index in [1.807, 2.05) is 18.2 Å². The van der Waals surface area contributed by atoms with Gasteiger partial charge in [0.05, 0.1) is 17.8 Å². The second-order valence-corrected chi connectivity index (χ2v) is 8.86. The maximum atomic E-state index is 5.49. The van der Waals surface area contributed by atoms with Crippen molar-refractivity contribution >= 4 is 28.0 Å². The van der Waals surface area contributed by atoms with Crippen LogP contribution in [0.3, 0.4) is 0 Å². The van der Waals surface area contributed by atoms with E-state index in [1.54, 1.807) is 30.0 Å². The normalized spacial score (nSPS) is 18.0. The van der Waals surface area contributed by atoms with Gasteiger partial charge in [0.1, 0.15) is 11.6 Å². The molecule has 0 radical (unpaired) electrons. The lowest BCUT2D eigenvalue weighted by molar-refractivity contribution is 0.416. The quantitative estimate of drug-likeness (QED) is 0.610. The molecule has 0 N–H and O–H groups in total. The highest BCUT2D eigenvalue weighted by molar-refractivity contribution is 7.10. The Kier molecular flexibility index (Phi) is 4.57. The fraction of sp³-hybridized carbons (Fsp3) is 0.450. The second-order valence-electron chi connectivity index (χ2n) is 7.24. The molecule has 1 aliphatic carbocycles. The van der Waals surface area contributed by atoms with Crippen molar-refractivity contribution in [3.8, 4) is 17.0 Å². The number of benzene rings is 1. The fourth-order valence-electron chi connectivity index (χ4n) is 3.64. The zero-order chi connectivity index (χ0) is 18.2. The number of piperidine rings is 1. The van der Waals surface area contributed by atoms with Crippen LogP contribution in [-0.4, -0.2) is 34.5 Å². The lowest BCUT2D eigenvalue weighted by Gasteiger charge is -2.30. The molecule has 2 fully saturated rings. The molecule has 0 unspecified atom stereocenters. The third-order valence-electron chi connectivity index (χ3n) is 5.39. The van der Waals surface area contributed by atoms with E-state index in [-0.39, 0.29) is 0 Å². The third kappa shape index (κ3) is 3.46. The van der Waals surface area contributed by atoms with Crippen LogP contribution in [0.2, 0.25) is 0 Å². The van der Waals surface area contributed by atoms with Gasteiger partial charge in [0.15, 0.2) is 0 Å². The number of para-hydroxylation sites is 1. The molecule has 140 valence electrons. The molecule has 0 atom stereocenters. The molecule has 0 amide bonds. The number of ether oxygens (including phenoxy) is 1. The van der Waals surface area contributed by atoms with Crippen LogP contribution in [0, 0.1) is 0 Å². The van der Waals surface area contributed by atoms with Crippen LogP contribution in [0.1, 0.15) is 48.4 Å².